The van der Waals surface area contributed by atoms with E-state index in [-0.39, 0.29) is 0 Å². The minimum Gasteiger partial charge on any atom is -0.139 e. The van der Waals surface area contributed by atoms with Gasteiger partial charge in [0.15, 0.2) is 0 Å². The van der Waals surface area contributed by atoms with Crippen molar-refractivity contribution in [2.45, 2.75) is 13.8 Å². The fourth-order valence-corrected chi connectivity index (χ4v) is 3.33. The standard InChI is InChI=1S/C10H9BrS/c1-6-4-3-5-8-9(6)10(11)7(2)12-8/h3-5H,1-2H3. The second-order valence-electron chi connectivity index (χ2n) is 2.92. The first kappa shape index (κ1) is 8.27. The van der Waals surface area contributed by atoms with Gasteiger partial charge in [0, 0.05) is 19.4 Å². The van der Waals surface area contributed by atoms with E-state index in [1.54, 1.807) is 0 Å². The van der Waals surface area contributed by atoms with E-state index in [0.717, 1.165) is 0 Å². The van der Waals surface area contributed by atoms with Crippen LogP contribution in [0.3, 0.4) is 0 Å². The summed E-state index contributed by atoms with van der Waals surface area (Å²) >= 11 is 5.46. The molecule has 0 atom stereocenters. The molecule has 0 N–H and O–H groups in total. The average molecular weight is 241 g/mol. The quantitative estimate of drug-likeness (QED) is 0.645. The Morgan fingerprint density at radius 2 is 2.00 bits per heavy atom. The monoisotopic (exact) mass is 240 g/mol. The molecule has 0 saturated carbocycles. The molecule has 0 amide bonds. The van der Waals surface area contributed by atoms with Gasteiger partial charge in [-0.15, -0.1) is 11.3 Å². The first-order chi connectivity index (χ1) is 5.70. The van der Waals surface area contributed by atoms with Crippen molar-refractivity contribution in [3.63, 3.8) is 0 Å². The number of rotatable bonds is 0. The molecule has 2 rings (SSSR count). The average Bonchev–Trinajstić information content (AvgIpc) is 2.29. The van der Waals surface area contributed by atoms with Gasteiger partial charge >= 0.3 is 0 Å². The molecule has 0 fully saturated rings. The van der Waals surface area contributed by atoms with Gasteiger partial charge in [0.1, 0.15) is 0 Å². The molecule has 0 aliphatic heterocycles. The smallest absolute Gasteiger partial charge is 0.0393 e. The minimum atomic E-state index is 1.26. The van der Waals surface area contributed by atoms with E-state index < -0.39 is 0 Å². The minimum absolute atomic E-state index is 1.26. The lowest BCUT2D eigenvalue weighted by Gasteiger charge is -1.94. The van der Waals surface area contributed by atoms with Crippen LogP contribution in [0.15, 0.2) is 22.7 Å². The summed E-state index contributed by atoms with van der Waals surface area (Å²) in [4.78, 5) is 1.36. The zero-order chi connectivity index (χ0) is 8.72. The van der Waals surface area contributed by atoms with Crippen molar-refractivity contribution < 1.29 is 0 Å². The van der Waals surface area contributed by atoms with Gasteiger partial charge in [-0.2, -0.15) is 0 Å². The predicted molar refractivity (Wildman–Crippen MR) is 59.0 cm³/mol. The van der Waals surface area contributed by atoms with Crippen molar-refractivity contribution in [2.24, 2.45) is 0 Å². The summed E-state index contributed by atoms with van der Waals surface area (Å²) in [5.74, 6) is 0. The number of halogens is 1. The van der Waals surface area contributed by atoms with Crippen molar-refractivity contribution in [2.75, 3.05) is 0 Å². The summed E-state index contributed by atoms with van der Waals surface area (Å²) in [5, 5.41) is 1.38. The Labute approximate surface area is 84.4 Å². The number of hydrogen-bond acceptors (Lipinski definition) is 1. The van der Waals surface area contributed by atoms with Crippen molar-refractivity contribution in [3.05, 3.63) is 33.1 Å². The van der Waals surface area contributed by atoms with Crippen molar-refractivity contribution >= 4 is 37.4 Å². The van der Waals surface area contributed by atoms with Gasteiger partial charge in [-0.3, -0.25) is 0 Å². The third-order valence-electron chi connectivity index (χ3n) is 2.03. The third-order valence-corrected chi connectivity index (χ3v) is 4.35. The molecule has 0 aliphatic rings. The maximum absolute atomic E-state index is 3.61. The van der Waals surface area contributed by atoms with Crippen molar-refractivity contribution in [1.29, 1.82) is 0 Å². The lowest BCUT2D eigenvalue weighted by Crippen LogP contribution is -1.72. The van der Waals surface area contributed by atoms with Crippen molar-refractivity contribution in [3.8, 4) is 0 Å². The molecule has 0 bridgehead atoms. The summed E-state index contributed by atoms with van der Waals surface area (Å²) in [6, 6.07) is 6.43. The Hall–Kier alpha value is -0.340. The number of aryl methyl sites for hydroxylation is 2. The van der Waals surface area contributed by atoms with E-state index in [4.69, 9.17) is 0 Å². The summed E-state index contributed by atoms with van der Waals surface area (Å²) in [6.45, 7) is 4.30. The Morgan fingerprint density at radius 1 is 1.25 bits per heavy atom. The SMILES string of the molecule is Cc1sc2cccc(C)c2c1Br. The van der Waals surface area contributed by atoms with E-state index in [9.17, 15) is 0 Å². The second kappa shape index (κ2) is 2.86. The highest BCUT2D eigenvalue weighted by Crippen LogP contribution is 2.36. The maximum Gasteiger partial charge on any atom is 0.0393 e. The van der Waals surface area contributed by atoms with Crippen LogP contribution >= 0.6 is 27.3 Å². The zero-order valence-corrected chi connectivity index (χ0v) is 9.42. The van der Waals surface area contributed by atoms with Gasteiger partial charge in [0.2, 0.25) is 0 Å². The lowest BCUT2D eigenvalue weighted by molar-refractivity contribution is 1.52. The number of thiophene rings is 1. The molecule has 0 saturated heterocycles. The van der Waals surface area contributed by atoms with Crippen LogP contribution in [-0.2, 0) is 0 Å². The fourth-order valence-electron chi connectivity index (χ4n) is 1.39. The van der Waals surface area contributed by atoms with Gasteiger partial charge in [0.05, 0.1) is 0 Å². The van der Waals surface area contributed by atoms with Gasteiger partial charge in [-0.25, -0.2) is 0 Å². The van der Waals surface area contributed by atoms with Crippen LogP contribution in [0.1, 0.15) is 10.4 Å². The summed E-state index contributed by atoms with van der Waals surface area (Å²) < 4.78 is 2.64. The second-order valence-corrected chi connectivity index (χ2v) is 4.97. The molecule has 0 aliphatic carbocycles. The molecule has 1 aromatic carbocycles. The third kappa shape index (κ3) is 1.10. The first-order valence-corrected chi connectivity index (χ1v) is 5.45. The van der Waals surface area contributed by atoms with Crippen molar-refractivity contribution in [1.82, 2.24) is 0 Å². The van der Waals surface area contributed by atoms with Crippen LogP contribution in [0.25, 0.3) is 10.1 Å². The van der Waals surface area contributed by atoms with E-state index in [1.165, 1.54) is 25.0 Å². The Morgan fingerprint density at radius 3 is 2.67 bits per heavy atom. The van der Waals surface area contributed by atoms with E-state index in [1.807, 2.05) is 11.3 Å². The number of hydrogen-bond donors (Lipinski definition) is 0. The van der Waals surface area contributed by atoms with Gasteiger partial charge in [0.25, 0.3) is 0 Å². The fraction of sp³-hybridized carbons (Fsp3) is 0.200. The zero-order valence-electron chi connectivity index (χ0n) is 7.02. The van der Waals surface area contributed by atoms with Gasteiger partial charge in [-0.1, -0.05) is 12.1 Å². The van der Waals surface area contributed by atoms with Crippen LogP contribution < -0.4 is 0 Å². The molecule has 1 aromatic heterocycles. The predicted octanol–water partition coefficient (Wildman–Crippen LogP) is 4.28. The summed E-state index contributed by atoms with van der Waals surface area (Å²) in [6.07, 6.45) is 0. The van der Waals surface area contributed by atoms with Crippen LogP contribution in [0, 0.1) is 13.8 Å². The summed E-state index contributed by atoms with van der Waals surface area (Å²) in [7, 11) is 0. The lowest BCUT2D eigenvalue weighted by atomic mass is 10.1. The molecule has 1 heterocycles. The molecule has 0 spiro atoms. The Balaban J connectivity index is 2.97. The number of fused-ring (bicyclic) bond motifs is 1. The van der Waals surface area contributed by atoms with Crippen LogP contribution in [0.5, 0.6) is 0 Å². The topological polar surface area (TPSA) is 0 Å². The highest BCUT2D eigenvalue weighted by Gasteiger charge is 2.06. The molecule has 2 aromatic rings. The number of benzene rings is 1. The molecular formula is C10H9BrS. The van der Waals surface area contributed by atoms with E-state index in [0.29, 0.717) is 0 Å². The van der Waals surface area contributed by atoms with Crippen LogP contribution in [0.2, 0.25) is 0 Å². The normalized spacial score (nSPS) is 10.9. The van der Waals surface area contributed by atoms with E-state index >= 15 is 0 Å². The van der Waals surface area contributed by atoms with Gasteiger partial charge in [-0.05, 0) is 41.4 Å². The summed E-state index contributed by atoms with van der Waals surface area (Å²) in [5.41, 5.74) is 1.35. The molecule has 12 heavy (non-hydrogen) atoms. The van der Waals surface area contributed by atoms with Crippen LogP contribution in [-0.4, -0.2) is 0 Å². The molecule has 0 nitrogen and oxygen atoms in total. The molecular weight excluding hydrogens is 232 g/mol. The Kier molecular flexibility index (Phi) is 1.97. The van der Waals surface area contributed by atoms with Crippen LogP contribution in [0.4, 0.5) is 0 Å². The Bertz CT molecular complexity index is 429. The van der Waals surface area contributed by atoms with Gasteiger partial charge < -0.3 is 0 Å². The highest BCUT2D eigenvalue weighted by molar-refractivity contribution is 9.10. The van der Waals surface area contributed by atoms with E-state index in [2.05, 4.69) is 48.0 Å². The molecule has 62 valence electrons. The largest absolute Gasteiger partial charge is 0.139 e. The highest BCUT2D eigenvalue weighted by atomic mass is 79.9. The molecule has 2 heteroatoms. The molecule has 0 unspecified atom stereocenters. The molecule has 0 radical (unpaired) electrons. The maximum atomic E-state index is 3.61. The first-order valence-electron chi connectivity index (χ1n) is 3.84.